The van der Waals surface area contributed by atoms with Crippen LogP contribution in [0.1, 0.15) is 58.8 Å². The first-order valence-electron chi connectivity index (χ1n) is 8.78. The molecule has 23 heavy (non-hydrogen) atoms. The molecule has 0 radical (unpaired) electrons. The number of carbonyl (C=O) groups excluding carboxylic acids is 2. The van der Waals surface area contributed by atoms with Crippen molar-refractivity contribution in [2.24, 2.45) is 11.3 Å². The molecule has 2 unspecified atom stereocenters. The average Bonchev–Trinajstić information content (AvgIpc) is 2.66. The number of likely N-dealkylation sites (tertiary alicyclic amines) is 1. The normalized spacial score (nSPS) is 30.3. The largest absolute Gasteiger partial charge is 0.338 e. The first kappa shape index (κ1) is 16.8. The van der Waals surface area contributed by atoms with Gasteiger partial charge in [0.25, 0.3) is 0 Å². The van der Waals surface area contributed by atoms with E-state index in [0.29, 0.717) is 17.4 Å². The van der Waals surface area contributed by atoms with Gasteiger partial charge in [-0.2, -0.15) is 0 Å². The minimum Gasteiger partial charge on any atom is -0.338 e. The molecule has 2 heterocycles. The van der Waals surface area contributed by atoms with E-state index in [9.17, 15) is 9.59 Å². The fourth-order valence-electron chi connectivity index (χ4n) is 4.77. The molecule has 0 aromatic rings. The van der Waals surface area contributed by atoms with Gasteiger partial charge in [0.05, 0.1) is 0 Å². The Morgan fingerprint density at radius 2 is 2.00 bits per heavy atom. The van der Waals surface area contributed by atoms with Crippen LogP contribution in [-0.2, 0) is 9.59 Å². The Balaban J connectivity index is 1.67. The average molecular weight is 337 g/mol. The lowest BCUT2D eigenvalue weighted by molar-refractivity contribution is -0.163. The van der Waals surface area contributed by atoms with E-state index in [1.165, 1.54) is 50.3 Å². The fourth-order valence-corrected chi connectivity index (χ4v) is 5.61. The third-order valence-electron chi connectivity index (χ3n) is 5.65. The predicted molar refractivity (Wildman–Crippen MR) is 92.3 cm³/mol. The molecule has 1 spiro atoms. The highest BCUT2D eigenvalue weighted by Gasteiger charge is 2.54. The van der Waals surface area contributed by atoms with Crippen LogP contribution in [0.25, 0.3) is 0 Å². The van der Waals surface area contributed by atoms with Crippen LogP contribution < -0.4 is 5.32 Å². The van der Waals surface area contributed by atoms with Crippen molar-refractivity contribution in [3.05, 3.63) is 0 Å². The van der Waals surface area contributed by atoms with E-state index in [1.807, 2.05) is 4.90 Å². The van der Waals surface area contributed by atoms with E-state index in [-0.39, 0.29) is 23.4 Å². The van der Waals surface area contributed by atoms with E-state index >= 15 is 0 Å². The van der Waals surface area contributed by atoms with Crippen LogP contribution in [0.3, 0.4) is 0 Å². The number of amides is 2. The van der Waals surface area contributed by atoms with Gasteiger partial charge in [-0.1, -0.05) is 51.3 Å². The molecule has 2 N–H and O–H groups in total. The van der Waals surface area contributed by atoms with Crippen molar-refractivity contribution in [3.63, 3.8) is 0 Å². The first-order chi connectivity index (χ1) is 10.9. The Morgan fingerprint density at radius 1 is 1.35 bits per heavy atom. The van der Waals surface area contributed by atoms with Crippen LogP contribution in [0.5, 0.6) is 0 Å². The zero-order valence-electron chi connectivity index (χ0n) is 14.1. The van der Waals surface area contributed by atoms with Crippen LogP contribution in [0.4, 0.5) is 0 Å². The van der Waals surface area contributed by atoms with Gasteiger partial charge in [-0.05, 0) is 18.8 Å². The standard InChI is InChI=1S/C17H27N3O2S/c1-11(2)14-17(7-5-3-4-6-8-17)10-20(14)13(21)9-12-15(22)19-16(18)23-12/h11-12,14H,3-10H2,1-2H3,(H2,18,19,22). The van der Waals surface area contributed by atoms with Gasteiger partial charge >= 0.3 is 0 Å². The van der Waals surface area contributed by atoms with Crippen LogP contribution in [-0.4, -0.2) is 39.7 Å². The van der Waals surface area contributed by atoms with E-state index in [4.69, 9.17) is 5.41 Å². The molecule has 2 atom stereocenters. The Kier molecular flexibility index (Phi) is 4.72. The van der Waals surface area contributed by atoms with Crippen LogP contribution in [0.2, 0.25) is 0 Å². The zero-order valence-corrected chi connectivity index (χ0v) is 14.9. The van der Waals surface area contributed by atoms with E-state index in [1.54, 1.807) is 0 Å². The summed E-state index contributed by atoms with van der Waals surface area (Å²) in [5.74, 6) is 0.342. The fraction of sp³-hybridized carbons (Fsp3) is 0.824. The van der Waals surface area contributed by atoms with Gasteiger partial charge in [0.2, 0.25) is 11.8 Å². The van der Waals surface area contributed by atoms with Gasteiger partial charge < -0.3 is 10.2 Å². The molecule has 0 aromatic carbocycles. The van der Waals surface area contributed by atoms with Gasteiger partial charge in [0, 0.05) is 24.4 Å². The molecule has 0 aromatic heterocycles. The van der Waals surface area contributed by atoms with Gasteiger partial charge in [-0.3, -0.25) is 15.0 Å². The molecule has 3 fully saturated rings. The molecule has 5 nitrogen and oxygen atoms in total. The second-order valence-corrected chi connectivity index (χ2v) is 8.83. The molecule has 6 heteroatoms. The second kappa shape index (κ2) is 6.46. The predicted octanol–water partition coefficient (Wildman–Crippen LogP) is 2.75. The lowest BCUT2D eigenvalue weighted by Gasteiger charge is -2.60. The lowest BCUT2D eigenvalue weighted by atomic mass is 9.62. The molecule has 3 rings (SSSR count). The van der Waals surface area contributed by atoms with Gasteiger partial charge in [0.1, 0.15) is 5.25 Å². The van der Waals surface area contributed by atoms with Gasteiger partial charge in [0.15, 0.2) is 5.17 Å². The van der Waals surface area contributed by atoms with Gasteiger partial charge in [-0.25, -0.2) is 0 Å². The van der Waals surface area contributed by atoms with Crippen molar-refractivity contribution in [3.8, 4) is 0 Å². The zero-order chi connectivity index (χ0) is 16.6. The van der Waals surface area contributed by atoms with Gasteiger partial charge in [-0.15, -0.1) is 0 Å². The van der Waals surface area contributed by atoms with Crippen LogP contribution in [0.15, 0.2) is 0 Å². The van der Waals surface area contributed by atoms with Crippen molar-refractivity contribution in [1.29, 1.82) is 5.41 Å². The Hall–Kier alpha value is -1.04. The molecular weight excluding hydrogens is 310 g/mol. The molecule has 0 bridgehead atoms. The topological polar surface area (TPSA) is 73.3 Å². The van der Waals surface area contributed by atoms with Crippen molar-refractivity contribution >= 4 is 28.7 Å². The summed E-state index contributed by atoms with van der Waals surface area (Å²) >= 11 is 1.17. The number of hydrogen-bond donors (Lipinski definition) is 2. The van der Waals surface area contributed by atoms with Crippen LogP contribution >= 0.6 is 11.8 Å². The number of amidine groups is 1. The number of carbonyl (C=O) groups is 2. The summed E-state index contributed by atoms with van der Waals surface area (Å²) in [7, 11) is 0. The minimum atomic E-state index is -0.423. The molecule has 3 aliphatic rings. The van der Waals surface area contributed by atoms with E-state index < -0.39 is 5.25 Å². The second-order valence-electron chi connectivity index (χ2n) is 7.62. The summed E-state index contributed by atoms with van der Waals surface area (Å²) in [5, 5.41) is 9.74. The third-order valence-corrected chi connectivity index (χ3v) is 6.65. The highest BCUT2D eigenvalue weighted by molar-refractivity contribution is 8.15. The summed E-state index contributed by atoms with van der Waals surface area (Å²) in [4.78, 5) is 26.5. The molecule has 1 saturated carbocycles. The summed E-state index contributed by atoms with van der Waals surface area (Å²) in [6.07, 6.45) is 7.90. The maximum Gasteiger partial charge on any atom is 0.240 e. The molecule has 2 amide bonds. The third kappa shape index (κ3) is 3.14. The van der Waals surface area contributed by atoms with Crippen molar-refractivity contribution < 1.29 is 9.59 Å². The highest BCUT2D eigenvalue weighted by atomic mass is 32.2. The quantitative estimate of drug-likeness (QED) is 0.831. The first-order valence-corrected chi connectivity index (χ1v) is 9.66. The van der Waals surface area contributed by atoms with E-state index in [0.717, 1.165) is 6.54 Å². The summed E-state index contributed by atoms with van der Waals surface area (Å²) < 4.78 is 0. The summed E-state index contributed by atoms with van der Waals surface area (Å²) in [6.45, 7) is 5.29. The SMILES string of the molecule is CC(C)C1N(C(=O)CC2SC(=N)NC2=O)CC12CCCCCC2. The molecule has 2 aliphatic heterocycles. The van der Waals surface area contributed by atoms with Crippen LogP contribution in [0, 0.1) is 16.7 Å². The maximum absolute atomic E-state index is 12.7. The number of hydrogen-bond acceptors (Lipinski definition) is 4. The Bertz CT molecular complexity index is 512. The minimum absolute atomic E-state index is 0.0842. The maximum atomic E-state index is 12.7. The number of thioether (sulfide) groups is 1. The molecule has 128 valence electrons. The molecular formula is C17H27N3O2S. The summed E-state index contributed by atoms with van der Waals surface area (Å²) in [6, 6.07) is 0.321. The Labute approximate surface area is 142 Å². The monoisotopic (exact) mass is 337 g/mol. The Morgan fingerprint density at radius 3 is 2.52 bits per heavy atom. The highest BCUT2D eigenvalue weighted by Crippen LogP contribution is 2.51. The number of nitrogens with one attached hydrogen (secondary N) is 2. The lowest BCUT2D eigenvalue weighted by Crippen LogP contribution is -2.68. The molecule has 1 aliphatic carbocycles. The van der Waals surface area contributed by atoms with Crippen molar-refractivity contribution in [1.82, 2.24) is 10.2 Å². The summed E-state index contributed by atoms with van der Waals surface area (Å²) in [5.41, 5.74) is 0.318. The number of nitrogens with zero attached hydrogens (tertiary/aromatic N) is 1. The van der Waals surface area contributed by atoms with Crippen molar-refractivity contribution in [2.75, 3.05) is 6.54 Å². The smallest absolute Gasteiger partial charge is 0.240 e. The number of rotatable bonds is 3. The van der Waals surface area contributed by atoms with Crippen molar-refractivity contribution in [2.45, 2.75) is 70.1 Å². The van der Waals surface area contributed by atoms with E-state index in [2.05, 4.69) is 19.2 Å². The molecule has 2 saturated heterocycles.